The molecule has 3 fully saturated rings. The van der Waals surface area contributed by atoms with Crippen LogP contribution in [-0.4, -0.2) is 98.6 Å². The van der Waals surface area contributed by atoms with Gasteiger partial charge in [0.25, 0.3) is 0 Å². The molecule has 5 rings (SSSR count). The molecule has 2 aromatic heterocycles. The molecule has 0 unspecified atom stereocenters. The van der Waals surface area contributed by atoms with E-state index in [1.807, 2.05) is 0 Å². The van der Waals surface area contributed by atoms with E-state index in [4.69, 9.17) is 4.74 Å². The van der Waals surface area contributed by atoms with Crippen LogP contribution in [-0.2, 0) is 14.3 Å². The third-order valence-electron chi connectivity index (χ3n) is 8.44. The van der Waals surface area contributed by atoms with Gasteiger partial charge in [0, 0.05) is 26.6 Å². The zero-order chi connectivity index (χ0) is 25.3. The highest BCUT2D eigenvalue weighted by atomic mass is 19.1. The SMILES string of the molecule is COC1(CO)CCN(C2(C(=O)N3C[C@H](F)C[C@@H]3C(=O)Nc3ccc4[nH]ncc4n3)CCCCC2)CC1. The van der Waals surface area contributed by atoms with Gasteiger partial charge >= 0.3 is 0 Å². The van der Waals surface area contributed by atoms with Crippen LogP contribution >= 0.6 is 0 Å². The van der Waals surface area contributed by atoms with E-state index < -0.39 is 29.3 Å². The number of fused-ring (bicyclic) bond motifs is 1. The topological polar surface area (TPSA) is 124 Å². The van der Waals surface area contributed by atoms with E-state index in [2.05, 4.69) is 25.4 Å². The zero-order valence-electron chi connectivity index (χ0n) is 20.7. The summed E-state index contributed by atoms with van der Waals surface area (Å²) in [7, 11) is 1.61. The molecule has 1 aliphatic carbocycles. The van der Waals surface area contributed by atoms with Gasteiger partial charge < -0.3 is 20.1 Å². The van der Waals surface area contributed by atoms with Gasteiger partial charge in [-0.1, -0.05) is 19.3 Å². The molecule has 11 heteroatoms. The number of H-pyrrole nitrogens is 1. The Hall–Kier alpha value is -2.63. The number of pyridine rings is 1. The predicted octanol–water partition coefficient (Wildman–Crippen LogP) is 2.01. The van der Waals surface area contributed by atoms with E-state index in [1.165, 1.54) is 4.90 Å². The lowest BCUT2D eigenvalue weighted by atomic mass is 9.76. The fourth-order valence-corrected chi connectivity index (χ4v) is 6.21. The summed E-state index contributed by atoms with van der Waals surface area (Å²) in [6, 6.07) is 2.53. The van der Waals surface area contributed by atoms with Crippen LogP contribution in [0.2, 0.25) is 0 Å². The molecule has 2 aliphatic heterocycles. The molecule has 3 N–H and O–H groups in total. The van der Waals surface area contributed by atoms with Gasteiger partial charge in [0.15, 0.2) is 0 Å². The highest BCUT2D eigenvalue weighted by Gasteiger charge is 2.53. The first-order chi connectivity index (χ1) is 17.4. The van der Waals surface area contributed by atoms with Crippen LogP contribution in [0.4, 0.5) is 10.2 Å². The number of hydrogen-bond acceptors (Lipinski definition) is 7. The van der Waals surface area contributed by atoms with Crippen molar-refractivity contribution in [2.45, 2.75) is 74.7 Å². The Morgan fingerprint density at radius 2 is 1.97 bits per heavy atom. The largest absolute Gasteiger partial charge is 0.393 e. The van der Waals surface area contributed by atoms with Gasteiger partial charge in [0.05, 0.1) is 30.5 Å². The first-order valence-electron chi connectivity index (χ1n) is 12.9. The fraction of sp³-hybridized carbons (Fsp3) is 0.680. The number of nitrogens with zero attached hydrogens (tertiary/aromatic N) is 4. The molecule has 4 heterocycles. The third-order valence-corrected chi connectivity index (χ3v) is 8.44. The number of aliphatic hydroxyl groups excluding tert-OH is 1. The van der Waals surface area contributed by atoms with Crippen LogP contribution in [0.15, 0.2) is 18.3 Å². The summed E-state index contributed by atoms with van der Waals surface area (Å²) in [5.41, 5.74) is 0.00804. The van der Waals surface area contributed by atoms with E-state index >= 15 is 0 Å². The minimum Gasteiger partial charge on any atom is -0.393 e. The number of carbonyl (C=O) groups is 2. The summed E-state index contributed by atoms with van der Waals surface area (Å²) < 4.78 is 20.3. The van der Waals surface area contributed by atoms with E-state index in [0.29, 0.717) is 50.1 Å². The summed E-state index contributed by atoms with van der Waals surface area (Å²) in [6.45, 7) is 1.07. The van der Waals surface area contributed by atoms with Crippen molar-refractivity contribution in [1.82, 2.24) is 25.0 Å². The second-order valence-electron chi connectivity index (χ2n) is 10.4. The third kappa shape index (κ3) is 4.48. The van der Waals surface area contributed by atoms with Gasteiger partial charge in [-0.25, -0.2) is 9.37 Å². The van der Waals surface area contributed by atoms with Gasteiger partial charge in [0.2, 0.25) is 11.8 Å². The molecule has 2 aromatic rings. The Labute approximate surface area is 209 Å². The molecule has 0 aromatic carbocycles. The zero-order valence-corrected chi connectivity index (χ0v) is 20.7. The number of hydrogen-bond donors (Lipinski definition) is 3. The quantitative estimate of drug-likeness (QED) is 0.552. The van der Waals surface area contributed by atoms with Crippen LogP contribution in [0.5, 0.6) is 0 Å². The Kier molecular flexibility index (Phi) is 6.97. The van der Waals surface area contributed by atoms with E-state index in [-0.39, 0.29) is 25.5 Å². The number of carbonyl (C=O) groups excluding carboxylic acids is 2. The van der Waals surface area contributed by atoms with Crippen molar-refractivity contribution < 1.29 is 23.8 Å². The molecule has 0 radical (unpaired) electrons. The average Bonchev–Trinajstić information content (AvgIpc) is 3.54. The van der Waals surface area contributed by atoms with Gasteiger partial charge in [0.1, 0.15) is 29.1 Å². The first-order valence-corrected chi connectivity index (χ1v) is 12.9. The second-order valence-corrected chi connectivity index (χ2v) is 10.4. The maximum atomic E-state index is 14.7. The molecule has 36 heavy (non-hydrogen) atoms. The molecule has 196 valence electrons. The summed E-state index contributed by atoms with van der Waals surface area (Å²) in [5.74, 6) is -0.247. The molecule has 0 spiro atoms. The number of methoxy groups -OCH3 is 1. The maximum Gasteiger partial charge on any atom is 0.248 e. The molecule has 1 saturated carbocycles. The molecule has 2 saturated heterocycles. The molecular formula is C25H35FN6O4. The van der Waals surface area contributed by atoms with Crippen molar-refractivity contribution in [1.29, 1.82) is 0 Å². The van der Waals surface area contributed by atoms with E-state index in [1.54, 1.807) is 25.4 Å². The van der Waals surface area contributed by atoms with Gasteiger partial charge in [-0.05, 0) is 37.8 Å². The normalized spacial score (nSPS) is 26.2. The van der Waals surface area contributed by atoms with Crippen molar-refractivity contribution in [2.24, 2.45) is 0 Å². The first kappa shape index (κ1) is 25.0. The highest BCUT2D eigenvalue weighted by Crippen LogP contribution is 2.40. The molecular weight excluding hydrogens is 467 g/mol. The maximum absolute atomic E-state index is 14.7. The number of amides is 2. The number of aliphatic hydroxyl groups is 1. The lowest BCUT2D eigenvalue weighted by Gasteiger charge is -2.51. The number of rotatable bonds is 6. The summed E-state index contributed by atoms with van der Waals surface area (Å²) >= 11 is 0. The molecule has 3 aliphatic rings. The number of likely N-dealkylation sites (tertiary alicyclic amines) is 2. The summed E-state index contributed by atoms with van der Waals surface area (Å²) in [5, 5.41) is 19.4. The summed E-state index contributed by atoms with van der Waals surface area (Å²) in [4.78, 5) is 35.5. The van der Waals surface area contributed by atoms with Crippen LogP contribution in [0, 0.1) is 0 Å². The van der Waals surface area contributed by atoms with Crippen LogP contribution in [0.1, 0.15) is 51.4 Å². The van der Waals surface area contributed by atoms with Crippen molar-refractivity contribution >= 4 is 28.7 Å². The highest BCUT2D eigenvalue weighted by molar-refractivity contribution is 5.99. The van der Waals surface area contributed by atoms with Crippen LogP contribution < -0.4 is 5.32 Å². The number of piperidine rings is 1. The minimum absolute atomic E-state index is 0.0289. The molecule has 2 atom stereocenters. The van der Waals surface area contributed by atoms with E-state index in [9.17, 15) is 19.1 Å². The van der Waals surface area contributed by atoms with Gasteiger partial charge in [-0.2, -0.15) is 5.10 Å². The Morgan fingerprint density at radius 1 is 1.22 bits per heavy atom. The van der Waals surface area contributed by atoms with Crippen molar-refractivity contribution in [3.8, 4) is 0 Å². The Bertz CT molecular complexity index is 1090. The predicted molar refractivity (Wildman–Crippen MR) is 131 cm³/mol. The van der Waals surface area contributed by atoms with E-state index in [0.717, 1.165) is 24.8 Å². The number of aromatic nitrogens is 3. The molecule has 2 amide bonds. The fourth-order valence-electron chi connectivity index (χ4n) is 6.21. The van der Waals surface area contributed by atoms with Crippen molar-refractivity contribution in [2.75, 3.05) is 38.7 Å². The van der Waals surface area contributed by atoms with Gasteiger partial charge in [-0.15, -0.1) is 0 Å². The van der Waals surface area contributed by atoms with Crippen molar-refractivity contribution in [3.05, 3.63) is 18.3 Å². The summed E-state index contributed by atoms with van der Waals surface area (Å²) in [6.07, 6.45) is 5.77. The van der Waals surface area contributed by atoms with Crippen LogP contribution in [0.3, 0.4) is 0 Å². The van der Waals surface area contributed by atoms with Crippen molar-refractivity contribution in [3.63, 3.8) is 0 Å². The second kappa shape index (κ2) is 10.0. The smallest absolute Gasteiger partial charge is 0.248 e. The Morgan fingerprint density at radius 3 is 2.67 bits per heavy atom. The number of ether oxygens (including phenoxy) is 1. The van der Waals surface area contributed by atoms with Crippen LogP contribution in [0.25, 0.3) is 11.0 Å². The number of nitrogens with one attached hydrogen (secondary N) is 2. The van der Waals surface area contributed by atoms with Gasteiger partial charge in [-0.3, -0.25) is 19.6 Å². The number of aromatic amines is 1. The number of halogens is 1. The lowest BCUT2D eigenvalue weighted by Crippen LogP contribution is -2.65. The minimum atomic E-state index is -1.26. The monoisotopic (exact) mass is 502 g/mol. The lowest BCUT2D eigenvalue weighted by molar-refractivity contribution is -0.157. The number of anilines is 1. The molecule has 10 nitrogen and oxygen atoms in total. The standard InChI is InChI=1S/C25H35FN6O4/c1-36-24(16-33)9-11-31(12-10-24)25(7-3-2-4-8-25)23(35)32-15-17(26)13-20(32)22(34)29-21-6-5-18-19(28-21)14-27-30-18/h5-6,14,17,20,33H,2-4,7-13,15-16H2,1H3,(H,27,30)(H,28,29,34)/t17-,20-/m1/s1. The molecule has 0 bridgehead atoms. The Balaban J connectivity index is 1.36. The number of alkyl halides is 1. The average molecular weight is 503 g/mol.